The summed E-state index contributed by atoms with van der Waals surface area (Å²) in [5, 5.41) is 0. The normalized spacial score (nSPS) is 19.6. The lowest BCUT2D eigenvalue weighted by Crippen LogP contribution is -2.47. The van der Waals surface area contributed by atoms with E-state index in [1.807, 2.05) is 6.92 Å². The molecule has 6 heteroatoms. The summed E-state index contributed by atoms with van der Waals surface area (Å²) in [6.07, 6.45) is 2.95. The third-order valence-electron chi connectivity index (χ3n) is 2.29. The lowest BCUT2D eigenvalue weighted by molar-refractivity contribution is 0.510. The smallest absolute Gasteiger partial charge is 0.277 e. The van der Waals surface area contributed by atoms with Crippen LogP contribution in [0.15, 0.2) is 0 Å². The van der Waals surface area contributed by atoms with Crippen LogP contribution in [0.5, 0.6) is 0 Å². The standard InChI is InChI=1S/C8H19N3O2S/c1-2-5-10-14(12,13)11-8(6-9)7-3-4-7/h7-8,10-11H,2-6,9H2,1H3. The molecule has 0 amide bonds. The Labute approximate surface area is 85.6 Å². The molecule has 1 fully saturated rings. The van der Waals surface area contributed by atoms with Gasteiger partial charge in [0.1, 0.15) is 0 Å². The zero-order valence-corrected chi connectivity index (χ0v) is 9.31. The Hall–Kier alpha value is -0.170. The molecule has 0 saturated heterocycles. The zero-order valence-electron chi connectivity index (χ0n) is 8.49. The monoisotopic (exact) mass is 221 g/mol. The molecule has 1 aliphatic carbocycles. The quantitative estimate of drug-likeness (QED) is 0.545. The van der Waals surface area contributed by atoms with Gasteiger partial charge in [0.05, 0.1) is 0 Å². The molecule has 0 aromatic carbocycles. The first-order chi connectivity index (χ1) is 6.59. The molecule has 0 aliphatic heterocycles. The zero-order chi connectivity index (χ0) is 10.6. The van der Waals surface area contributed by atoms with Crippen molar-refractivity contribution < 1.29 is 8.42 Å². The Morgan fingerprint density at radius 3 is 2.57 bits per heavy atom. The molecule has 5 nitrogen and oxygen atoms in total. The highest BCUT2D eigenvalue weighted by Gasteiger charge is 2.32. The van der Waals surface area contributed by atoms with Gasteiger partial charge in [-0.25, -0.2) is 4.72 Å². The van der Waals surface area contributed by atoms with E-state index < -0.39 is 10.2 Å². The van der Waals surface area contributed by atoms with Crippen LogP contribution in [-0.4, -0.2) is 27.5 Å². The Morgan fingerprint density at radius 1 is 1.50 bits per heavy atom. The molecular weight excluding hydrogens is 202 g/mol. The summed E-state index contributed by atoms with van der Waals surface area (Å²) in [4.78, 5) is 0. The van der Waals surface area contributed by atoms with Gasteiger partial charge >= 0.3 is 0 Å². The van der Waals surface area contributed by atoms with Crippen LogP contribution >= 0.6 is 0 Å². The van der Waals surface area contributed by atoms with Gasteiger partial charge in [-0.05, 0) is 25.2 Å². The van der Waals surface area contributed by atoms with E-state index in [9.17, 15) is 8.42 Å². The minimum Gasteiger partial charge on any atom is -0.329 e. The predicted octanol–water partition coefficient (Wildman–Crippen LogP) is -0.442. The van der Waals surface area contributed by atoms with E-state index in [1.165, 1.54) is 0 Å². The van der Waals surface area contributed by atoms with Crippen LogP contribution in [0.3, 0.4) is 0 Å². The van der Waals surface area contributed by atoms with Crippen molar-refractivity contribution in [3.63, 3.8) is 0 Å². The van der Waals surface area contributed by atoms with Gasteiger partial charge in [-0.3, -0.25) is 0 Å². The average molecular weight is 221 g/mol. The molecule has 1 rings (SSSR count). The Morgan fingerprint density at radius 2 is 2.14 bits per heavy atom. The van der Waals surface area contributed by atoms with Crippen molar-refractivity contribution in [2.75, 3.05) is 13.1 Å². The highest BCUT2D eigenvalue weighted by atomic mass is 32.2. The molecule has 0 spiro atoms. The van der Waals surface area contributed by atoms with Gasteiger partial charge in [0.15, 0.2) is 0 Å². The van der Waals surface area contributed by atoms with E-state index in [2.05, 4.69) is 9.44 Å². The van der Waals surface area contributed by atoms with Gasteiger partial charge in [0, 0.05) is 19.1 Å². The van der Waals surface area contributed by atoms with Crippen LogP contribution in [0.4, 0.5) is 0 Å². The van der Waals surface area contributed by atoms with Gasteiger partial charge in [-0.15, -0.1) is 0 Å². The number of hydrogen-bond acceptors (Lipinski definition) is 3. The van der Waals surface area contributed by atoms with E-state index in [4.69, 9.17) is 5.73 Å². The number of nitrogens with one attached hydrogen (secondary N) is 2. The van der Waals surface area contributed by atoms with Gasteiger partial charge in [-0.1, -0.05) is 6.92 Å². The summed E-state index contributed by atoms with van der Waals surface area (Å²) in [6.45, 7) is 2.76. The minimum absolute atomic E-state index is 0.0932. The summed E-state index contributed by atoms with van der Waals surface area (Å²) in [6, 6.07) is -0.0932. The number of rotatable bonds is 7. The second kappa shape index (κ2) is 5.06. The van der Waals surface area contributed by atoms with E-state index in [1.54, 1.807) is 0 Å². The Bertz CT molecular complexity index is 262. The summed E-state index contributed by atoms with van der Waals surface area (Å²) < 4.78 is 27.9. The van der Waals surface area contributed by atoms with Gasteiger partial charge < -0.3 is 5.73 Å². The fourth-order valence-corrected chi connectivity index (χ4v) is 2.56. The molecule has 4 N–H and O–H groups in total. The molecule has 84 valence electrons. The second-order valence-electron chi connectivity index (χ2n) is 3.70. The van der Waals surface area contributed by atoms with Crippen molar-refractivity contribution in [3.8, 4) is 0 Å². The number of nitrogens with two attached hydrogens (primary N) is 1. The van der Waals surface area contributed by atoms with Crippen LogP contribution in [0, 0.1) is 5.92 Å². The average Bonchev–Trinajstić information content (AvgIpc) is 2.94. The molecule has 0 aromatic heterocycles. The van der Waals surface area contributed by atoms with Crippen LogP contribution in [0.25, 0.3) is 0 Å². The first kappa shape index (κ1) is 11.9. The lowest BCUT2D eigenvalue weighted by atomic mass is 10.2. The van der Waals surface area contributed by atoms with Gasteiger partial charge in [0.2, 0.25) is 0 Å². The summed E-state index contributed by atoms with van der Waals surface area (Å²) >= 11 is 0. The lowest BCUT2D eigenvalue weighted by Gasteiger charge is -2.16. The van der Waals surface area contributed by atoms with Crippen molar-refractivity contribution >= 4 is 10.2 Å². The molecular formula is C8H19N3O2S. The molecule has 1 saturated carbocycles. The van der Waals surface area contributed by atoms with Crippen molar-refractivity contribution in [1.82, 2.24) is 9.44 Å². The third kappa shape index (κ3) is 3.91. The second-order valence-corrected chi connectivity index (χ2v) is 5.23. The Balaban J connectivity index is 2.39. The first-order valence-corrected chi connectivity index (χ1v) is 6.54. The SMILES string of the molecule is CCCNS(=O)(=O)NC(CN)C1CC1. The number of hydrogen-bond donors (Lipinski definition) is 3. The third-order valence-corrected chi connectivity index (χ3v) is 3.49. The predicted molar refractivity (Wildman–Crippen MR) is 55.9 cm³/mol. The molecule has 0 aromatic rings. The van der Waals surface area contributed by atoms with Crippen molar-refractivity contribution in [2.45, 2.75) is 32.2 Å². The van der Waals surface area contributed by atoms with E-state index in [-0.39, 0.29) is 6.04 Å². The van der Waals surface area contributed by atoms with Gasteiger partial charge in [0.25, 0.3) is 10.2 Å². The molecule has 1 unspecified atom stereocenters. The van der Waals surface area contributed by atoms with E-state index in [0.29, 0.717) is 19.0 Å². The summed E-state index contributed by atoms with van der Waals surface area (Å²) in [5.41, 5.74) is 5.49. The highest BCUT2D eigenvalue weighted by molar-refractivity contribution is 7.87. The molecule has 14 heavy (non-hydrogen) atoms. The largest absolute Gasteiger partial charge is 0.329 e. The van der Waals surface area contributed by atoms with Crippen LogP contribution in [0.2, 0.25) is 0 Å². The maximum Gasteiger partial charge on any atom is 0.277 e. The van der Waals surface area contributed by atoms with Gasteiger partial charge in [-0.2, -0.15) is 13.1 Å². The maximum atomic E-state index is 11.4. The maximum absolute atomic E-state index is 11.4. The van der Waals surface area contributed by atoms with Crippen LogP contribution < -0.4 is 15.2 Å². The van der Waals surface area contributed by atoms with Crippen molar-refractivity contribution in [2.24, 2.45) is 11.7 Å². The van der Waals surface area contributed by atoms with Crippen LogP contribution in [0.1, 0.15) is 26.2 Å². The van der Waals surface area contributed by atoms with E-state index in [0.717, 1.165) is 19.3 Å². The molecule has 1 atom stereocenters. The first-order valence-electron chi connectivity index (χ1n) is 5.06. The highest BCUT2D eigenvalue weighted by Crippen LogP contribution is 2.32. The fraction of sp³-hybridized carbons (Fsp3) is 1.00. The topological polar surface area (TPSA) is 84.2 Å². The Kier molecular flexibility index (Phi) is 4.31. The van der Waals surface area contributed by atoms with Crippen molar-refractivity contribution in [3.05, 3.63) is 0 Å². The molecule has 0 heterocycles. The fourth-order valence-electron chi connectivity index (χ4n) is 1.31. The molecule has 1 aliphatic rings. The molecule has 0 radical (unpaired) electrons. The summed E-state index contributed by atoms with van der Waals surface area (Å²) in [7, 11) is -3.34. The minimum atomic E-state index is -3.34. The summed E-state index contributed by atoms with van der Waals surface area (Å²) in [5.74, 6) is 0.443. The van der Waals surface area contributed by atoms with Crippen LogP contribution in [-0.2, 0) is 10.2 Å². The molecule has 0 bridgehead atoms. The van der Waals surface area contributed by atoms with E-state index >= 15 is 0 Å². The van der Waals surface area contributed by atoms with Crippen molar-refractivity contribution in [1.29, 1.82) is 0 Å².